The van der Waals surface area contributed by atoms with Crippen molar-refractivity contribution in [2.24, 2.45) is 0 Å². The first kappa shape index (κ1) is 20.1. The molecule has 0 saturated carbocycles. The molecule has 0 amide bonds. The Labute approximate surface area is 143 Å². The van der Waals surface area contributed by atoms with Crippen LogP contribution >= 0.6 is 0 Å². The second kappa shape index (κ2) is 11.6. The summed E-state index contributed by atoms with van der Waals surface area (Å²) in [7, 11) is 0. The van der Waals surface area contributed by atoms with E-state index in [2.05, 4.69) is 0 Å². The van der Waals surface area contributed by atoms with E-state index in [9.17, 15) is 9.59 Å². The Morgan fingerprint density at radius 2 is 1.58 bits per heavy atom. The molecule has 2 unspecified atom stereocenters. The highest BCUT2D eigenvalue weighted by Crippen LogP contribution is 2.12. The van der Waals surface area contributed by atoms with Gasteiger partial charge in [0.05, 0.1) is 13.2 Å². The summed E-state index contributed by atoms with van der Waals surface area (Å²) in [6, 6.07) is 9.62. The van der Waals surface area contributed by atoms with Gasteiger partial charge in [-0.15, -0.1) is 0 Å². The zero-order valence-electron chi connectivity index (χ0n) is 14.5. The van der Waals surface area contributed by atoms with E-state index < -0.39 is 24.3 Å². The Morgan fingerprint density at radius 3 is 2.17 bits per heavy atom. The molecule has 0 bridgehead atoms. The summed E-state index contributed by atoms with van der Waals surface area (Å²) < 4.78 is 21.6. The van der Waals surface area contributed by atoms with E-state index in [1.165, 1.54) is 0 Å². The second-order valence-electron chi connectivity index (χ2n) is 5.05. The maximum atomic E-state index is 11.6. The Balaban J connectivity index is 2.68. The maximum absolute atomic E-state index is 11.6. The molecule has 0 heterocycles. The fraction of sp³-hybridized carbons (Fsp3) is 0.556. The molecule has 0 fully saturated rings. The molecule has 1 aromatic rings. The van der Waals surface area contributed by atoms with E-state index in [1.54, 1.807) is 20.8 Å². The van der Waals surface area contributed by atoms with E-state index in [0.717, 1.165) is 5.56 Å². The summed E-state index contributed by atoms with van der Waals surface area (Å²) in [6.07, 6.45) is -1.36. The summed E-state index contributed by atoms with van der Waals surface area (Å²) in [5.41, 5.74) is 0.997. The van der Waals surface area contributed by atoms with Crippen LogP contribution in [0.25, 0.3) is 0 Å². The smallest absolute Gasteiger partial charge is 0.307 e. The van der Waals surface area contributed by atoms with Gasteiger partial charge in [-0.25, -0.2) is 0 Å². The summed E-state index contributed by atoms with van der Waals surface area (Å²) >= 11 is 0. The molecule has 0 aliphatic carbocycles. The molecule has 6 nitrogen and oxygen atoms in total. The largest absolute Gasteiger partial charge is 0.453 e. The van der Waals surface area contributed by atoms with Crippen LogP contribution in [0.3, 0.4) is 0 Å². The number of benzene rings is 1. The minimum absolute atomic E-state index is 0.0717. The van der Waals surface area contributed by atoms with Crippen LogP contribution in [0.15, 0.2) is 30.3 Å². The number of ether oxygens (including phenoxy) is 4. The van der Waals surface area contributed by atoms with Crippen LogP contribution in [-0.2, 0) is 35.1 Å². The van der Waals surface area contributed by atoms with Gasteiger partial charge in [0.15, 0.2) is 6.10 Å². The van der Waals surface area contributed by atoms with Gasteiger partial charge in [0, 0.05) is 19.4 Å². The maximum Gasteiger partial charge on any atom is 0.307 e. The minimum Gasteiger partial charge on any atom is -0.453 e. The summed E-state index contributed by atoms with van der Waals surface area (Å²) in [5, 5.41) is 0. The highest BCUT2D eigenvalue weighted by molar-refractivity contribution is 5.70. The molecule has 0 saturated heterocycles. The van der Waals surface area contributed by atoms with E-state index in [-0.39, 0.29) is 19.4 Å². The van der Waals surface area contributed by atoms with Gasteiger partial charge in [0.2, 0.25) is 6.29 Å². The molecule has 134 valence electrons. The van der Waals surface area contributed by atoms with Crippen molar-refractivity contribution in [2.45, 2.75) is 52.6 Å². The zero-order valence-corrected chi connectivity index (χ0v) is 14.5. The Bertz CT molecular complexity index is 488. The molecule has 0 radical (unpaired) electrons. The second-order valence-corrected chi connectivity index (χ2v) is 5.05. The predicted molar refractivity (Wildman–Crippen MR) is 88.1 cm³/mol. The average Bonchev–Trinajstić information content (AvgIpc) is 2.61. The molecule has 1 aromatic carbocycles. The van der Waals surface area contributed by atoms with Gasteiger partial charge in [-0.3, -0.25) is 9.59 Å². The first-order valence-corrected chi connectivity index (χ1v) is 8.22. The van der Waals surface area contributed by atoms with E-state index >= 15 is 0 Å². The first-order valence-electron chi connectivity index (χ1n) is 8.22. The van der Waals surface area contributed by atoms with Crippen LogP contribution in [0, 0.1) is 0 Å². The monoisotopic (exact) mass is 338 g/mol. The Morgan fingerprint density at radius 1 is 0.958 bits per heavy atom. The summed E-state index contributed by atoms with van der Waals surface area (Å²) in [4.78, 5) is 23.2. The van der Waals surface area contributed by atoms with Gasteiger partial charge in [0.1, 0.15) is 0 Å². The van der Waals surface area contributed by atoms with E-state index in [4.69, 9.17) is 18.9 Å². The molecule has 2 atom stereocenters. The fourth-order valence-electron chi connectivity index (χ4n) is 1.88. The van der Waals surface area contributed by atoms with Crippen LogP contribution in [0.4, 0.5) is 0 Å². The van der Waals surface area contributed by atoms with Gasteiger partial charge in [-0.1, -0.05) is 44.2 Å². The lowest BCUT2D eigenvalue weighted by Crippen LogP contribution is -2.40. The molecule has 0 aliphatic rings. The number of hydrogen-bond donors (Lipinski definition) is 0. The van der Waals surface area contributed by atoms with Crippen LogP contribution in [0.1, 0.15) is 39.2 Å². The number of carbonyl (C=O) groups is 2. The highest BCUT2D eigenvalue weighted by Gasteiger charge is 2.29. The third kappa shape index (κ3) is 7.57. The lowest BCUT2D eigenvalue weighted by Gasteiger charge is -2.26. The number of carbonyl (C=O) groups excluding carboxylic acids is 2. The average molecular weight is 338 g/mol. The van der Waals surface area contributed by atoms with Crippen molar-refractivity contribution >= 4 is 11.9 Å². The molecular weight excluding hydrogens is 312 g/mol. The molecule has 0 N–H and O–H groups in total. The van der Waals surface area contributed by atoms with E-state index in [0.29, 0.717) is 13.2 Å². The minimum atomic E-state index is -0.978. The first-order chi connectivity index (χ1) is 11.6. The Kier molecular flexibility index (Phi) is 9.72. The van der Waals surface area contributed by atoms with Crippen molar-refractivity contribution in [2.75, 3.05) is 13.2 Å². The molecular formula is C18H26O6. The SMILES string of the molecule is CCOC(OC(=O)CC)C(COCc1ccccc1)OC(=O)CC. The van der Waals surface area contributed by atoms with Crippen molar-refractivity contribution in [3.05, 3.63) is 35.9 Å². The van der Waals surface area contributed by atoms with Gasteiger partial charge >= 0.3 is 11.9 Å². The topological polar surface area (TPSA) is 71.1 Å². The van der Waals surface area contributed by atoms with Crippen molar-refractivity contribution in [1.82, 2.24) is 0 Å². The number of rotatable bonds is 11. The lowest BCUT2D eigenvalue weighted by molar-refractivity contribution is -0.219. The Hall–Kier alpha value is -1.92. The molecule has 0 aliphatic heterocycles. The number of hydrogen-bond acceptors (Lipinski definition) is 6. The predicted octanol–water partition coefficient (Wildman–Crippen LogP) is 2.84. The summed E-state index contributed by atoms with van der Waals surface area (Å²) in [6.45, 7) is 5.91. The van der Waals surface area contributed by atoms with Crippen LogP contribution < -0.4 is 0 Å². The normalized spacial score (nSPS) is 13.1. The van der Waals surface area contributed by atoms with Crippen LogP contribution in [0.5, 0.6) is 0 Å². The van der Waals surface area contributed by atoms with Crippen molar-refractivity contribution in [3.63, 3.8) is 0 Å². The fourth-order valence-corrected chi connectivity index (χ4v) is 1.88. The van der Waals surface area contributed by atoms with Gasteiger partial charge in [0.25, 0.3) is 0 Å². The third-order valence-electron chi connectivity index (χ3n) is 3.14. The molecule has 1 rings (SSSR count). The third-order valence-corrected chi connectivity index (χ3v) is 3.14. The summed E-state index contributed by atoms with van der Waals surface area (Å²) in [5.74, 6) is -0.824. The molecule has 24 heavy (non-hydrogen) atoms. The van der Waals surface area contributed by atoms with Crippen molar-refractivity contribution < 1.29 is 28.5 Å². The molecule has 0 spiro atoms. The lowest BCUT2D eigenvalue weighted by atomic mass is 10.2. The van der Waals surface area contributed by atoms with Gasteiger partial charge in [-0.2, -0.15) is 0 Å². The van der Waals surface area contributed by atoms with E-state index in [1.807, 2.05) is 30.3 Å². The van der Waals surface area contributed by atoms with Gasteiger partial charge in [-0.05, 0) is 12.5 Å². The molecule has 6 heteroatoms. The highest BCUT2D eigenvalue weighted by atomic mass is 16.7. The van der Waals surface area contributed by atoms with Crippen LogP contribution in [0.2, 0.25) is 0 Å². The quantitative estimate of drug-likeness (QED) is 0.456. The standard InChI is InChI=1S/C18H26O6/c1-4-16(19)23-15(18(22-6-3)24-17(20)5-2)13-21-12-14-10-8-7-9-11-14/h7-11,15,18H,4-6,12-13H2,1-3H3. The zero-order chi connectivity index (χ0) is 17.8. The van der Waals surface area contributed by atoms with Crippen LogP contribution in [-0.4, -0.2) is 37.5 Å². The van der Waals surface area contributed by atoms with Crippen molar-refractivity contribution in [3.8, 4) is 0 Å². The van der Waals surface area contributed by atoms with Gasteiger partial charge < -0.3 is 18.9 Å². The number of esters is 2. The molecule has 0 aromatic heterocycles. The van der Waals surface area contributed by atoms with Crippen molar-refractivity contribution in [1.29, 1.82) is 0 Å².